The minimum absolute atomic E-state index is 0.00967. The summed E-state index contributed by atoms with van der Waals surface area (Å²) in [6, 6.07) is 4.88. The minimum atomic E-state index is -0.368. The lowest BCUT2D eigenvalue weighted by Gasteiger charge is -2.09. The van der Waals surface area contributed by atoms with Crippen LogP contribution in [0.4, 0.5) is 0 Å². The van der Waals surface area contributed by atoms with Gasteiger partial charge >= 0.3 is 5.97 Å². The Bertz CT molecular complexity index is 469. The third kappa shape index (κ3) is 5.42. The number of hydrogen-bond donors (Lipinski definition) is 0. The van der Waals surface area contributed by atoms with Crippen LogP contribution in [-0.2, 0) is 9.53 Å². The Balaban J connectivity index is 2.70. The number of halogens is 1. The van der Waals surface area contributed by atoms with Gasteiger partial charge in [-0.05, 0) is 47.0 Å². The molecule has 5 heteroatoms. The monoisotopic (exact) mass is 328 g/mol. The van der Waals surface area contributed by atoms with Gasteiger partial charge in [0.1, 0.15) is 12.4 Å². The van der Waals surface area contributed by atoms with Crippen molar-refractivity contribution >= 4 is 27.7 Å². The van der Waals surface area contributed by atoms with Crippen LogP contribution in [0.5, 0.6) is 5.75 Å². The Morgan fingerprint density at radius 3 is 2.53 bits per heavy atom. The van der Waals surface area contributed by atoms with E-state index in [1.165, 1.54) is 6.92 Å². The maximum absolute atomic E-state index is 11.7. The molecule has 0 saturated heterocycles. The summed E-state index contributed by atoms with van der Waals surface area (Å²) in [7, 11) is 0. The summed E-state index contributed by atoms with van der Waals surface area (Å²) in [6.07, 6.45) is 0. The number of esters is 1. The van der Waals surface area contributed by atoms with Crippen LogP contribution in [0.25, 0.3) is 0 Å². The van der Waals surface area contributed by atoms with Crippen LogP contribution in [0.3, 0.4) is 0 Å². The van der Waals surface area contributed by atoms with E-state index < -0.39 is 0 Å². The smallest absolute Gasteiger partial charge is 0.338 e. The van der Waals surface area contributed by atoms with Gasteiger partial charge in [0.25, 0.3) is 0 Å². The quantitative estimate of drug-likeness (QED) is 0.752. The minimum Gasteiger partial charge on any atom is -0.485 e. The number of Topliss-reactive ketones (excluding diaryl/α,β-unsaturated/α-hetero) is 1. The van der Waals surface area contributed by atoms with Gasteiger partial charge in [0.05, 0.1) is 16.6 Å². The second kappa shape index (κ2) is 7.28. The molecule has 0 aromatic heterocycles. The predicted octanol–water partition coefficient (Wildman–Crippen LogP) is 3.23. The molecule has 0 amide bonds. The van der Waals surface area contributed by atoms with Crippen LogP contribution in [0.1, 0.15) is 31.1 Å². The van der Waals surface area contributed by atoms with E-state index in [2.05, 4.69) is 15.9 Å². The Kier molecular flexibility index (Phi) is 6.02. The van der Waals surface area contributed by atoms with Gasteiger partial charge in [0.15, 0.2) is 5.78 Å². The van der Waals surface area contributed by atoms with Crippen LogP contribution >= 0.6 is 15.9 Å². The molecule has 0 unspecified atom stereocenters. The van der Waals surface area contributed by atoms with E-state index in [4.69, 9.17) is 9.47 Å². The molecule has 0 heterocycles. The second-order valence-corrected chi connectivity index (χ2v) is 5.48. The molecule has 0 aliphatic rings. The first-order valence-corrected chi connectivity index (χ1v) is 6.78. The van der Waals surface area contributed by atoms with Gasteiger partial charge < -0.3 is 9.47 Å². The fourth-order valence-electron chi connectivity index (χ4n) is 1.25. The van der Waals surface area contributed by atoms with E-state index in [0.717, 1.165) is 0 Å². The highest BCUT2D eigenvalue weighted by Crippen LogP contribution is 2.26. The van der Waals surface area contributed by atoms with Crippen LogP contribution in [0.2, 0.25) is 0 Å². The Morgan fingerprint density at radius 2 is 2.00 bits per heavy atom. The molecular formula is C14H17BrO4. The first-order valence-electron chi connectivity index (χ1n) is 5.99. The van der Waals surface area contributed by atoms with Crippen molar-refractivity contribution in [3.63, 3.8) is 0 Å². The summed E-state index contributed by atoms with van der Waals surface area (Å²) in [5.74, 6) is 0.390. The number of ketones is 1. The van der Waals surface area contributed by atoms with Gasteiger partial charge in [-0.2, -0.15) is 0 Å². The molecular weight excluding hydrogens is 312 g/mol. The third-order valence-corrected chi connectivity index (χ3v) is 2.77. The molecule has 0 saturated carbocycles. The van der Waals surface area contributed by atoms with Gasteiger partial charge in [-0.3, -0.25) is 4.79 Å². The van der Waals surface area contributed by atoms with Gasteiger partial charge in [-0.25, -0.2) is 4.79 Å². The van der Waals surface area contributed by atoms with E-state index in [-0.39, 0.29) is 18.4 Å². The Morgan fingerprint density at radius 1 is 1.32 bits per heavy atom. The molecule has 4 nitrogen and oxygen atoms in total. The lowest BCUT2D eigenvalue weighted by molar-refractivity contribution is -0.118. The van der Waals surface area contributed by atoms with Crippen molar-refractivity contribution in [2.75, 3.05) is 13.2 Å². The summed E-state index contributed by atoms with van der Waals surface area (Å²) in [5, 5.41) is 0. The standard InChI is InChI=1S/C14H17BrO4/c1-9(2)7-19-14(17)11-4-5-13(12(15)6-11)18-8-10(3)16/h4-6,9H,7-8H2,1-3H3. The highest BCUT2D eigenvalue weighted by Gasteiger charge is 2.11. The van der Waals surface area contributed by atoms with Gasteiger partial charge in [0.2, 0.25) is 0 Å². The molecule has 1 rings (SSSR count). The fourth-order valence-corrected chi connectivity index (χ4v) is 1.74. The fraction of sp³-hybridized carbons (Fsp3) is 0.429. The van der Waals surface area contributed by atoms with Crippen molar-refractivity contribution < 1.29 is 19.1 Å². The van der Waals surface area contributed by atoms with Crippen molar-refractivity contribution in [3.8, 4) is 5.75 Å². The molecule has 1 aromatic carbocycles. The lowest BCUT2D eigenvalue weighted by Crippen LogP contribution is -2.11. The van der Waals surface area contributed by atoms with Crippen LogP contribution in [0.15, 0.2) is 22.7 Å². The average Bonchev–Trinajstić information content (AvgIpc) is 2.34. The molecule has 0 atom stereocenters. The largest absolute Gasteiger partial charge is 0.485 e. The highest BCUT2D eigenvalue weighted by atomic mass is 79.9. The summed E-state index contributed by atoms with van der Waals surface area (Å²) in [4.78, 5) is 22.6. The lowest BCUT2D eigenvalue weighted by atomic mass is 10.2. The normalized spacial score (nSPS) is 10.4. The number of benzene rings is 1. The molecule has 0 spiro atoms. The van der Waals surface area contributed by atoms with Crippen molar-refractivity contribution in [1.29, 1.82) is 0 Å². The van der Waals surface area contributed by atoms with Crippen molar-refractivity contribution in [3.05, 3.63) is 28.2 Å². The molecule has 1 aromatic rings. The van der Waals surface area contributed by atoms with Crippen LogP contribution < -0.4 is 4.74 Å². The van der Waals surface area contributed by atoms with Crippen molar-refractivity contribution in [1.82, 2.24) is 0 Å². The maximum atomic E-state index is 11.7. The number of carbonyl (C=O) groups excluding carboxylic acids is 2. The molecule has 104 valence electrons. The molecule has 0 fully saturated rings. The summed E-state index contributed by atoms with van der Waals surface area (Å²) >= 11 is 3.30. The van der Waals surface area contributed by atoms with E-state index >= 15 is 0 Å². The summed E-state index contributed by atoms with van der Waals surface area (Å²) in [6.45, 7) is 5.80. The third-order valence-electron chi connectivity index (χ3n) is 2.15. The molecule has 0 bridgehead atoms. The van der Waals surface area contributed by atoms with E-state index in [0.29, 0.717) is 28.3 Å². The molecule has 0 aliphatic carbocycles. The van der Waals surface area contributed by atoms with E-state index in [9.17, 15) is 9.59 Å². The SMILES string of the molecule is CC(=O)COc1ccc(C(=O)OCC(C)C)cc1Br. The van der Waals surface area contributed by atoms with Crippen LogP contribution in [-0.4, -0.2) is 25.0 Å². The zero-order chi connectivity index (χ0) is 14.4. The van der Waals surface area contributed by atoms with Gasteiger partial charge in [-0.1, -0.05) is 13.8 Å². The highest BCUT2D eigenvalue weighted by molar-refractivity contribution is 9.10. The number of ether oxygens (including phenoxy) is 2. The summed E-state index contributed by atoms with van der Waals surface area (Å²) in [5.41, 5.74) is 0.447. The molecule has 0 radical (unpaired) electrons. The predicted molar refractivity (Wildman–Crippen MR) is 75.4 cm³/mol. The van der Waals surface area contributed by atoms with E-state index in [1.807, 2.05) is 13.8 Å². The molecule has 0 N–H and O–H groups in total. The van der Waals surface area contributed by atoms with Crippen molar-refractivity contribution in [2.24, 2.45) is 5.92 Å². The Hall–Kier alpha value is -1.36. The first kappa shape index (κ1) is 15.7. The van der Waals surface area contributed by atoms with E-state index in [1.54, 1.807) is 18.2 Å². The van der Waals surface area contributed by atoms with Gasteiger partial charge in [0, 0.05) is 0 Å². The number of carbonyl (C=O) groups is 2. The maximum Gasteiger partial charge on any atom is 0.338 e. The molecule has 0 aliphatic heterocycles. The zero-order valence-electron chi connectivity index (χ0n) is 11.2. The van der Waals surface area contributed by atoms with Crippen molar-refractivity contribution in [2.45, 2.75) is 20.8 Å². The molecule has 19 heavy (non-hydrogen) atoms. The second-order valence-electron chi connectivity index (χ2n) is 4.63. The zero-order valence-corrected chi connectivity index (χ0v) is 12.8. The van der Waals surface area contributed by atoms with Crippen LogP contribution in [0, 0.1) is 5.92 Å². The summed E-state index contributed by atoms with van der Waals surface area (Å²) < 4.78 is 11.0. The Labute approximate surface area is 121 Å². The van der Waals surface area contributed by atoms with Gasteiger partial charge in [-0.15, -0.1) is 0 Å². The number of rotatable bonds is 6. The number of hydrogen-bond acceptors (Lipinski definition) is 4. The topological polar surface area (TPSA) is 52.6 Å². The average molecular weight is 329 g/mol. The first-order chi connectivity index (χ1) is 8.90.